The van der Waals surface area contributed by atoms with E-state index < -0.39 is 0 Å². The second kappa shape index (κ2) is 10.6. The SMILES string of the molecule is CCOC(=O)NC(CNCc1cccc(NC(=O)c2ccc(OC)cc2)c1)C1CC1. The lowest BCUT2D eigenvalue weighted by molar-refractivity contribution is 0.102. The van der Waals surface area contributed by atoms with Gasteiger partial charge in [-0.15, -0.1) is 0 Å². The Morgan fingerprint density at radius 1 is 1.13 bits per heavy atom. The van der Waals surface area contributed by atoms with Gasteiger partial charge in [-0.1, -0.05) is 12.1 Å². The lowest BCUT2D eigenvalue weighted by Crippen LogP contribution is -2.43. The molecular weight excluding hydrogens is 382 g/mol. The summed E-state index contributed by atoms with van der Waals surface area (Å²) in [5, 5.41) is 9.26. The first-order chi connectivity index (χ1) is 14.6. The molecular formula is C23H29N3O4. The number of benzene rings is 2. The largest absolute Gasteiger partial charge is 0.497 e. The first kappa shape index (κ1) is 21.6. The summed E-state index contributed by atoms with van der Waals surface area (Å²) in [4.78, 5) is 24.2. The van der Waals surface area contributed by atoms with E-state index in [1.807, 2.05) is 24.3 Å². The van der Waals surface area contributed by atoms with E-state index in [9.17, 15) is 9.59 Å². The van der Waals surface area contributed by atoms with Gasteiger partial charge in [0.15, 0.2) is 0 Å². The molecule has 0 heterocycles. The van der Waals surface area contributed by atoms with Gasteiger partial charge in [0.1, 0.15) is 5.75 Å². The first-order valence-electron chi connectivity index (χ1n) is 10.3. The summed E-state index contributed by atoms with van der Waals surface area (Å²) in [5.74, 6) is 1.05. The fraction of sp³-hybridized carbons (Fsp3) is 0.391. The number of anilines is 1. The zero-order valence-electron chi connectivity index (χ0n) is 17.4. The van der Waals surface area contributed by atoms with Crippen LogP contribution in [0.2, 0.25) is 0 Å². The zero-order valence-corrected chi connectivity index (χ0v) is 17.4. The number of carbonyl (C=O) groups excluding carboxylic acids is 2. The number of hydrogen-bond acceptors (Lipinski definition) is 5. The Morgan fingerprint density at radius 3 is 2.57 bits per heavy atom. The maximum Gasteiger partial charge on any atom is 0.407 e. The van der Waals surface area contributed by atoms with Crippen molar-refractivity contribution < 1.29 is 19.1 Å². The summed E-state index contributed by atoms with van der Waals surface area (Å²) in [5.41, 5.74) is 2.35. The minimum absolute atomic E-state index is 0.0713. The standard InChI is InChI=1S/C23H29N3O4/c1-3-30-23(28)26-21(17-7-8-17)15-24-14-16-5-4-6-19(13-16)25-22(27)18-9-11-20(29-2)12-10-18/h4-6,9-13,17,21,24H,3,7-8,14-15H2,1-2H3,(H,25,27)(H,26,28). The third-order valence-electron chi connectivity index (χ3n) is 5.00. The molecule has 160 valence electrons. The smallest absolute Gasteiger partial charge is 0.407 e. The Bertz CT molecular complexity index is 850. The monoisotopic (exact) mass is 411 g/mol. The van der Waals surface area contributed by atoms with E-state index in [4.69, 9.17) is 9.47 Å². The molecule has 3 rings (SSSR count). The highest BCUT2D eigenvalue weighted by molar-refractivity contribution is 6.04. The number of rotatable bonds is 10. The topological polar surface area (TPSA) is 88.7 Å². The normalized spacial score (nSPS) is 13.9. The fourth-order valence-corrected chi connectivity index (χ4v) is 3.23. The fourth-order valence-electron chi connectivity index (χ4n) is 3.23. The van der Waals surface area contributed by atoms with Crippen LogP contribution in [0.4, 0.5) is 10.5 Å². The predicted molar refractivity (Wildman–Crippen MR) is 116 cm³/mol. The van der Waals surface area contributed by atoms with Crippen molar-refractivity contribution >= 4 is 17.7 Å². The Kier molecular flexibility index (Phi) is 7.68. The van der Waals surface area contributed by atoms with Crippen molar-refractivity contribution in [2.24, 2.45) is 5.92 Å². The van der Waals surface area contributed by atoms with Crippen LogP contribution in [0.25, 0.3) is 0 Å². The van der Waals surface area contributed by atoms with Gasteiger partial charge in [-0.3, -0.25) is 4.79 Å². The molecule has 0 radical (unpaired) electrons. The number of hydrogen-bond donors (Lipinski definition) is 3. The third-order valence-corrected chi connectivity index (χ3v) is 5.00. The summed E-state index contributed by atoms with van der Waals surface area (Å²) in [6.07, 6.45) is 1.90. The molecule has 2 aromatic carbocycles. The van der Waals surface area contributed by atoms with Gasteiger partial charge < -0.3 is 25.4 Å². The molecule has 7 heteroatoms. The van der Waals surface area contributed by atoms with E-state index in [-0.39, 0.29) is 18.0 Å². The van der Waals surface area contributed by atoms with E-state index in [1.54, 1.807) is 38.3 Å². The van der Waals surface area contributed by atoms with E-state index in [0.717, 1.165) is 24.1 Å². The van der Waals surface area contributed by atoms with Crippen LogP contribution in [0.1, 0.15) is 35.7 Å². The van der Waals surface area contributed by atoms with Crippen LogP contribution in [0.5, 0.6) is 5.75 Å². The number of ether oxygens (including phenoxy) is 2. The molecule has 0 aromatic heterocycles. The highest BCUT2D eigenvalue weighted by atomic mass is 16.5. The highest BCUT2D eigenvalue weighted by Gasteiger charge is 2.32. The van der Waals surface area contributed by atoms with Gasteiger partial charge in [0.05, 0.1) is 13.7 Å². The molecule has 0 saturated heterocycles. The Hall–Kier alpha value is -3.06. The molecule has 7 nitrogen and oxygen atoms in total. The van der Waals surface area contributed by atoms with Crippen molar-refractivity contribution in [2.75, 3.05) is 25.6 Å². The predicted octanol–water partition coefficient (Wildman–Crippen LogP) is 3.56. The molecule has 30 heavy (non-hydrogen) atoms. The van der Waals surface area contributed by atoms with Crippen molar-refractivity contribution in [1.82, 2.24) is 10.6 Å². The van der Waals surface area contributed by atoms with Crippen LogP contribution in [0.15, 0.2) is 48.5 Å². The Morgan fingerprint density at radius 2 is 1.90 bits per heavy atom. The van der Waals surface area contributed by atoms with Crippen LogP contribution in [0.3, 0.4) is 0 Å². The molecule has 2 aromatic rings. The molecule has 1 atom stereocenters. The minimum atomic E-state index is -0.362. The maximum atomic E-state index is 12.4. The van der Waals surface area contributed by atoms with E-state index in [2.05, 4.69) is 16.0 Å². The lowest BCUT2D eigenvalue weighted by atomic mass is 10.1. The maximum absolute atomic E-state index is 12.4. The second-order valence-electron chi connectivity index (χ2n) is 7.32. The van der Waals surface area contributed by atoms with Crippen LogP contribution in [0, 0.1) is 5.92 Å². The van der Waals surface area contributed by atoms with Gasteiger partial charge in [0, 0.05) is 30.4 Å². The van der Waals surface area contributed by atoms with Gasteiger partial charge in [0.2, 0.25) is 0 Å². The third kappa shape index (κ3) is 6.49. The summed E-state index contributed by atoms with van der Waals surface area (Å²) in [7, 11) is 1.59. The van der Waals surface area contributed by atoms with Crippen molar-refractivity contribution in [3.05, 3.63) is 59.7 Å². The summed E-state index contributed by atoms with van der Waals surface area (Å²) in [6.45, 7) is 3.47. The van der Waals surface area contributed by atoms with Crippen molar-refractivity contribution in [3.63, 3.8) is 0 Å². The highest BCUT2D eigenvalue weighted by Crippen LogP contribution is 2.32. The van der Waals surface area contributed by atoms with Crippen LogP contribution < -0.4 is 20.7 Å². The first-order valence-corrected chi connectivity index (χ1v) is 10.3. The van der Waals surface area contributed by atoms with E-state index in [1.165, 1.54) is 0 Å². The van der Waals surface area contributed by atoms with E-state index in [0.29, 0.717) is 36.9 Å². The summed E-state index contributed by atoms with van der Waals surface area (Å²) < 4.78 is 10.1. The number of carbonyl (C=O) groups is 2. The summed E-state index contributed by atoms with van der Waals surface area (Å²) in [6, 6.07) is 14.8. The molecule has 2 amide bonds. The Balaban J connectivity index is 1.50. The molecule has 1 fully saturated rings. The average Bonchev–Trinajstić information content (AvgIpc) is 3.59. The molecule has 0 bridgehead atoms. The number of nitrogens with one attached hydrogen (secondary N) is 3. The molecule has 1 aliphatic carbocycles. The zero-order chi connectivity index (χ0) is 21.3. The van der Waals surface area contributed by atoms with Crippen molar-refractivity contribution in [1.29, 1.82) is 0 Å². The molecule has 3 N–H and O–H groups in total. The minimum Gasteiger partial charge on any atom is -0.497 e. The van der Waals surface area contributed by atoms with Gasteiger partial charge in [0.25, 0.3) is 5.91 Å². The molecule has 0 spiro atoms. The second-order valence-corrected chi connectivity index (χ2v) is 7.32. The van der Waals surface area contributed by atoms with Crippen LogP contribution >= 0.6 is 0 Å². The molecule has 0 aliphatic heterocycles. The quantitative estimate of drug-likeness (QED) is 0.556. The van der Waals surface area contributed by atoms with Gasteiger partial charge in [-0.05, 0) is 67.6 Å². The lowest BCUT2D eigenvalue weighted by Gasteiger charge is -2.18. The summed E-state index contributed by atoms with van der Waals surface area (Å²) >= 11 is 0. The van der Waals surface area contributed by atoms with Gasteiger partial charge >= 0.3 is 6.09 Å². The van der Waals surface area contributed by atoms with Crippen LogP contribution in [-0.4, -0.2) is 38.3 Å². The van der Waals surface area contributed by atoms with Crippen LogP contribution in [-0.2, 0) is 11.3 Å². The van der Waals surface area contributed by atoms with Gasteiger partial charge in [-0.2, -0.15) is 0 Å². The number of alkyl carbamates (subject to hydrolysis) is 1. The Labute approximate surface area is 177 Å². The average molecular weight is 412 g/mol. The molecule has 1 unspecified atom stereocenters. The molecule has 1 saturated carbocycles. The molecule has 1 aliphatic rings. The van der Waals surface area contributed by atoms with Gasteiger partial charge in [-0.25, -0.2) is 4.79 Å². The number of methoxy groups -OCH3 is 1. The van der Waals surface area contributed by atoms with Crippen molar-refractivity contribution in [2.45, 2.75) is 32.4 Å². The number of amides is 2. The van der Waals surface area contributed by atoms with E-state index >= 15 is 0 Å². The van der Waals surface area contributed by atoms with Crippen molar-refractivity contribution in [3.8, 4) is 5.75 Å².